The summed E-state index contributed by atoms with van der Waals surface area (Å²) >= 11 is 6.44. The van der Waals surface area contributed by atoms with Crippen LogP contribution in [0.25, 0.3) is 0 Å². The van der Waals surface area contributed by atoms with E-state index in [1.165, 1.54) is 11.3 Å². The number of benzene rings is 1. The fraction of sp³-hybridized carbons (Fsp3) is 0.286. The number of hydrogen-bond acceptors (Lipinski definition) is 6. The lowest BCUT2D eigenvalue weighted by molar-refractivity contribution is 0.123. The number of aromatic nitrogens is 1. The van der Waals surface area contributed by atoms with E-state index in [1.807, 2.05) is 23.6 Å². The van der Waals surface area contributed by atoms with Crippen LogP contribution in [0.3, 0.4) is 0 Å². The third kappa shape index (κ3) is 3.31. The normalized spacial score (nSPS) is 15.0. The molecule has 5 nitrogen and oxygen atoms in total. The molecule has 110 valence electrons. The van der Waals surface area contributed by atoms with Gasteiger partial charge in [0.05, 0.1) is 24.6 Å². The van der Waals surface area contributed by atoms with Gasteiger partial charge in [0, 0.05) is 18.5 Å². The van der Waals surface area contributed by atoms with E-state index in [-0.39, 0.29) is 0 Å². The van der Waals surface area contributed by atoms with Gasteiger partial charge in [0.15, 0.2) is 5.13 Å². The molecule has 1 aliphatic heterocycles. The van der Waals surface area contributed by atoms with Crippen molar-refractivity contribution >= 4 is 45.0 Å². The number of nitrogens with zero attached hydrogens (tertiary/aromatic N) is 2. The average molecular weight is 320 g/mol. The van der Waals surface area contributed by atoms with Crippen molar-refractivity contribution in [1.82, 2.24) is 4.98 Å². The van der Waals surface area contributed by atoms with Crippen LogP contribution in [0.15, 0.2) is 29.6 Å². The molecule has 0 bridgehead atoms. The van der Waals surface area contributed by atoms with Gasteiger partial charge in [-0.2, -0.15) is 0 Å². The molecule has 0 spiro atoms. The summed E-state index contributed by atoms with van der Waals surface area (Å²) in [4.78, 5) is 7.02. The molecule has 3 N–H and O–H groups in total. The van der Waals surface area contributed by atoms with Gasteiger partial charge in [-0.25, -0.2) is 4.98 Å². The Morgan fingerprint density at radius 3 is 2.81 bits per heavy atom. The molecular weight excluding hydrogens is 304 g/mol. The molecule has 2 heterocycles. The lowest BCUT2D eigenvalue weighted by atomic mass is 10.2. The van der Waals surface area contributed by atoms with E-state index in [0.717, 1.165) is 42.8 Å². The number of nitrogens with one attached hydrogen (secondary N) is 1. The van der Waals surface area contributed by atoms with Gasteiger partial charge in [0.25, 0.3) is 0 Å². The minimum atomic E-state index is 0.320. The molecular formula is C14H16N4OS2. The predicted molar refractivity (Wildman–Crippen MR) is 90.8 cm³/mol. The van der Waals surface area contributed by atoms with Crippen molar-refractivity contribution in [3.63, 3.8) is 0 Å². The van der Waals surface area contributed by atoms with Crippen LogP contribution >= 0.6 is 23.6 Å². The van der Waals surface area contributed by atoms with Gasteiger partial charge in [-0.3, -0.25) is 0 Å². The number of thiocarbonyl (C=S) groups is 1. The molecule has 0 amide bonds. The highest BCUT2D eigenvalue weighted by Crippen LogP contribution is 2.30. The number of anilines is 3. The minimum absolute atomic E-state index is 0.320. The summed E-state index contributed by atoms with van der Waals surface area (Å²) in [5.41, 5.74) is 8.44. The summed E-state index contributed by atoms with van der Waals surface area (Å²) in [6, 6.07) is 8.20. The van der Waals surface area contributed by atoms with E-state index >= 15 is 0 Å². The molecule has 1 aromatic heterocycles. The highest BCUT2D eigenvalue weighted by molar-refractivity contribution is 7.80. The molecule has 0 radical (unpaired) electrons. The van der Waals surface area contributed by atoms with Gasteiger partial charge >= 0.3 is 0 Å². The van der Waals surface area contributed by atoms with Crippen molar-refractivity contribution in [3.8, 4) is 0 Å². The Bertz CT molecular complexity index is 637. The van der Waals surface area contributed by atoms with Crippen LogP contribution in [0.2, 0.25) is 0 Å². The first-order valence-corrected chi connectivity index (χ1v) is 7.97. The molecule has 1 fully saturated rings. The summed E-state index contributed by atoms with van der Waals surface area (Å²) in [6.07, 6.45) is 0. The van der Waals surface area contributed by atoms with Crippen LogP contribution in [0, 0.1) is 0 Å². The van der Waals surface area contributed by atoms with Gasteiger partial charge in [-0.05, 0) is 12.1 Å². The third-order valence-electron chi connectivity index (χ3n) is 3.25. The Morgan fingerprint density at radius 1 is 1.33 bits per heavy atom. The maximum atomic E-state index is 5.59. The Morgan fingerprint density at radius 2 is 2.10 bits per heavy atom. The van der Waals surface area contributed by atoms with E-state index in [9.17, 15) is 0 Å². The van der Waals surface area contributed by atoms with Crippen LogP contribution in [-0.4, -0.2) is 36.3 Å². The molecule has 0 saturated carbocycles. The van der Waals surface area contributed by atoms with Crippen LogP contribution in [0.4, 0.5) is 16.5 Å². The summed E-state index contributed by atoms with van der Waals surface area (Å²) in [5, 5.41) is 6.01. The van der Waals surface area contributed by atoms with Crippen molar-refractivity contribution < 1.29 is 4.74 Å². The van der Waals surface area contributed by atoms with E-state index in [1.54, 1.807) is 0 Å². The van der Waals surface area contributed by atoms with Crippen LogP contribution in [0.5, 0.6) is 0 Å². The van der Waals surface area contributed by atoms with E-state index < -0.39 is 0 Å². The number of hydrogen-bond donors (Lipinski definition) is 2. The number of rotatable bonds is 4. The number of morpholine rings is 1. The third-order valence-corrected chi connectivity index (χ3v) is 4.22. The van der Waals surface area contributed by atoms with E-state index in [0.29, 0.717) is 10.7 Å². The molecule has 3 rings (SSSR count). The second kappa shape index (κ2) is 6.38. The maximum Gasteiger partial charge on any atom is 0.187 e. The zero-order chi connectivity index (χ0) is 14.7. The zero-order valence-corrected chi connectivity index (χ0v) is 13.0. The molecule has 7 heteroatoms. The fourth-order valence-electron chi connectivity index (χ4n) is 2.22. The van der Waals surface area contributed by atoms with Crippen molar-refractivity contribution in [2.75, 3.05) is 36.5 Å². The SMILES string of the molecule is NC(=S)c1csc(Nc2ccccc2N2CCOCC2)n1. The van der Waals surface area contributed by atoms with Crippen LogP contribution in [0.1, 0.15) is 5.69 Å². The summed E-state index contributed by atoms with van der Waals surface area (Å²) in [6.45, 7) is 3.32. The second-order valence-electron chi connectivity index (χ2n) is 4.64. The number of nitrogens with two attached hydrogens (primary N) is 1. The molecule has 0 aliphatic carbocycles. The Hall–Kier alpha value is -1.70. The summed E-state index contributed by atoms with van der Waals surface area (Å²) in [5.74, 6) is 0. The Kier molecular flexibility index (Phi) is 4.33. The molecule has 2 aromatic rings. The van der Waals surface area contributed by atoms with Crippen LogP contribution in [-0.2, 0) is 4.74 Å². The standard InChI is InChI=1S/C14H16N4OS2/c15-13(20)11-9-21-14(17-11)16-10-3-1-2-4-12(10)18-5-7-19-8-6-18/h1-4,9H,5-8H2,(H2,15,20)(H,16,17). The second-order valence-corrected chi connectivity index (χ2v) is 5.94. The molecule has 1 saturated heterocycles. The lowest BCUT2D eigenvalue weighted by Gasteiger charge is -2.30. The first-order chi connectivity index (χ1) is 10.2. The van der Waals surface area contributed by atoms with Crippen molar-refractivity contribution in [3.05, 3.63) is 35.3 Å². The molecule has 1 aliphatic rings. The van der Waals surface area contributed by atoms with Crippen LogP contribution < -0.4 is 16.0 Å². The van der Waals surface area contributed by atoms with Gasteiger partial charge in [0.1, 0.15) is 10.7 Å². The predicted octanol–water partition coefficient (Wildman–Crippen LogP) is 2.36. The number of ether oxygens (including phenoxy) is 1. The smallest absolute Gasteiger partial charge is 0.187 e. The zero-order valence-electron chi connectivity index (χ0n) is 11.4. The Balaban J connectivity index is 1.82. The Labute approximate surface area is 132 Å². The van der Waals surface area contributed by atoms with Crippen molar-refractivity contribution in [1.29, 1.82) is 0 Å². The minimum Gasteiger partial charge on any atom is -0.388 e. The van der Waals surface area contributed by atoms with Gasteiger partial charge in [-0.15, -0.1) is 11.3 Å². The van der Waals surface area contributed by atoms with E-state index in [4.69, 9.17) is 22.7 Å². The maximum absolute atomic E-state index is 5.59. The molecule has 0 atom stereocenters. The van der Waals surface area contributed by atoms with E-state index in [2.05, 4.69) is 21.3 Å². The highest BCUT2D eigenvalue weighted by atomic mass is 32.1. The molecule has 1 aromatic carbocycles. The fourth-order valence-corrected chi connectivity index (χ4v) is 3.12. The summed E-state index contributed by atoms with van der Waals surface area (Å²) < 4.78 is 5.41. The number of thiazole rings is 1. The molecule has 0 unspecified atom stereocenters. The monoisotopic (exact) mass is 320 g/mol. The number of para-hydroxylation sites is 2. The van der Waals surface area contributed by atoms with Gasteiger partial charge < -0.3 is 20.7 Å². The van der Waals surface area contributed by atoms with Gasteiger partial charge in [0.2, 0.25) is 0 Å². The van der Waals surface area contributed by atoms with Crippen molar-refractivity contribution in [2.24, 2.45) is 5.73 Å². The lowest BCUT2D eigenvalue weighted by Crippen LogP contribution is -2.36. The van der Waals surface area contributed by atoms with Gasteiger partial charge in [-0.1, -0.05) is 24.4 Å². The first kappa shape index (κ1) is 14.2. The first-order valence-electron chi connectivity index (χ1n) is 6.68. The summed E-state index contributed by atoms with van der Waals surface area (Å²) in [7, 11) is 0. The topological polar surface area (TPSA) is 63.4 Å². The highest BCUT2D eigenvalue weighted by Gasteiger charge is 2.15. The largest absolute Gasteiger partial charge is 0.388 e. The van der Waals surface area contributed by atoms with Crippen molar-refractivity contribution in [2.45, 2.75) is 0 Å². The molecule has 21 heavy (non-hydrogen) atoms. The quantitative estimate of drug-likeness (QED) is 0.843. The average Bonchev–Trinajstić information content (AvgIpc) is 2.98.